The predicted octanol–water partition coefficient (Wildman–Crippen LogP) is 3.54. The summed E-state index contributed by atoms with van der Waals surface area (Å²) >= 11 is 11.6. The lowest BCUT2D eigenvalue weighted by atomic mass is 10.2. The number of rotatable bonds is 4. The van der Waals surface area contributed by atoms with Gasteiger partial charge in [-0.2, -0.15) is 13.9 Å². The molecule has 0 atom stereocenters. The smallest absolute Gasteiger partial charge is 0.388 e. The van der Waals surface area contributed by atoms with Crippen molar-refractivity contribution < 1.29 is 22.6 Å². The molecule has 0 N–H and O–H groups in total. The van der Waals surface area contributed by atoms with Crippen LogP contribution in [0.4, 0.5) is 13.2 Å². The molecule has 0 spiro atoms. The van der Waals surface area contributed by atoms with Crippen LogP contribution in [0.5, 0.6) is 11.8 Å². The van der Waals surface area contributed by atoms with Gasteiger partial charge in [-0.15, -0.1) is 0 Å². The van der Waals surface area contributed by atoms with Crippen LogP contribution in [0.15, 0.2) is 6.07 Å². The van der Waals surface area contributed by atoms with Crippen molar-refractivity contribution in [1.82, 2.24) is 14.8 Å². The number of pyridine rings is 1. The van der Waals surface area contributed by atoms with Crippen LogP contribution >= 0.6 is 23.2 Å². The van der Waals surface area contributed by atoms with E-state index in [2.05, 4.69) is 14.8 Å². The minimum absolute atomic E-state index is 0.0464. The summed E-state index contributed by atoms with van der Waals surface area (Å²) in [5.41, 5.74) is -0.455. The van der Waals surface area contributed by atoms with Crippen molar-refractivity contribution in [2.75, 3.05) is 7.11 Å². The molecule has 0 fully saturated rings. The number of aromatic nitrogens is 3. The lowest BCUT2D eigenvalue weighted by Crippen LogP contribution is -2.06. The summed E-state index contributed by atoms with van der Waals surface area (Å²) in [4.78, 5) is 3.82. The highest BCUT2D eigenvalue weighted by molar-refractivity contribution is 6.34. The molecule has 2 heterocycles. The van der Waals surface area contributed by atoms with Gasteiger partial charge in [0.15, 0.2) is 5.82 Å². The number of methoxy groups -OCH3 is 1. The van der Waals surface area contributed by atoms with Crippen LogP contribution in [0.1, 0.15) is 0 Å². The minimum Gasteiger partial charge on any atom is -0.480 e. The van der Waals surface area contributed by atoms with E-state index in [-0.39, 0.29) is 27.3 Å². The van der Waals surface area contributed by atoms with Gasteiger partial charge < -0.3 is 9.47 Å². The van der Waals surface area contributed by atoms with E-state index in [0.717, 1.165) is 10.7 Å². The van der Waals surface area contributed by atoms with Crippen LogP contribution in [-0.4, -0.2) is 28.5 Å². The first kappa shape index (κ1) is 15.7. The molecular weight excluding hydrogens is 334 g/mol. The number of halogens is 5. The van der Waals surface area contributed by atoms with Crippen molar-refractivity contribution in [2.24, 2.45) is 7.05 Å². The fourth-order valence-corrected chi connectivity index (χ4v) is 2.11. The summed E-state index contributed by atoms with van der Waals surface area (Å²) in [5.74, 6) is -1.28. The van der Waals surface area contributed by atoms with Gasteiger partial charge in [-0.1, -0.05) is 23.2 Å². The van der Waals surface area contributed by atoms with Crippen molar-refractivity contribution in [1.29, 1.82) is 0 Å². The Bertz CT molecular complexity index is 679. The van der Waals surface area contributed by atoms with Gasteiger partial charge >= 0.3 is 6.61 Å². The number of hydrogen-bond donors (Lipinski definition) is 0. The van der Waals surface area contributed by atoms with Gasteiger partial charge in [-0.05, 0) is 0 Å². The summed E-state index contributed by atoms with van der Waals surface area (Å²) in [6.07, 6.45) is 0. The summed E-state index contributed by atoms with van der Waals surface area (Å²) in [6.45, 7) is -3.09. The van der Waals surface area contributed by atoms with Crippen LogP contribution in [-0.2, 0) is 7.05 Å². The van der Waals surface area contributed by atoms with Gasteiger partial charge in [0.2, 0.25) is 11.8 Å². The van der Waals surface area contributed by atoms with Gasteiger partial charge in [0.1, 0.15) is 21.4 Å². The topological polar surface area (TPSA) is 49.2 Å². The molecule has 0 unspecified atom stereocenters. The number of ether oxygens (including phenoxy) is 2. The van der Waals surface area contributed by atoms with Crippen molar-refractivity contribution in [3.05, 3.63) is 21.9 Å². The Hall–Kier alpha value is -1.67. The summed E-state index contributed by atoms with van der Waals surface area (Å²) in [7, 11) is 2.61. The number of hydrogen-bond acceptors (Lipinski definition) is 4. The average molecular weight is 342 g/mol. The maximum absolute atomic E-state index is 13.9. The maximum Gasteiger partial charge on any atom is 0.388 e. The summed E-state index contributed by atoms with van der Waals surface area (Å²) in [6, 6.07) is 0.960. The molecule has 0 aromatic carbocycles. The third kappa shape index (κ3) is 3.01. The van der Waals surface area contributed by atoms with E-state index in [9.17, 15) is 13.2 Å². The molecule has 0 bridgehead atoms. The van der Waals surface area contributed by atoms with E-state index in [1.54, 1.807) is 0 Å². The average Bonchev–Trinajstić information content (AvgIpc) is 2.66. The van der Waals surface area contributed by atoms with E-state index in [0.29, 0.717) is 0 Å². The van der Waals surface area contributed by atoms with Gasteiger partial charge in [0.05, 0.1) is 7.11 Å². The molecule has 0 radical (unpaired) electrons. The quantitative estimate of drug-likeness (QED) is 0.853. The van der Waals surface area contributed by atoms with Crippen molar-refractivity contribution in [3.63, 3.8) is 0 Å². The highest BCUT2D eigenvalue weighted by Crippen LogP contribution is 2.37. The number of aryl methyl sites for hydroxylation is 1. The van der Waals surface area contributed by atoms with E-state index >= 15 is 0 Å². The molecule has 0 saturated heterocycles. The molecule has 0 aliphatic carbocycles. The monoisotopic (exact) mass is 341 g/mol. The largest absolute Gasteiger partial charge is 0.480 e. The zero-order valence-corrected chi connectivity index (χ0v) is 12.2. The number of nitrogens with zero attached hydrogens (tertiary/aromatic N) is 3. The Labute approximate surface area is 127 Å². The first-order valence-corrected chi connectivity index (χ1v) is 6.18. The maximum atomic E-state index is 13.9. The Morgan fingerprint density at radius 2 is 1.95 bits per heavy atom. The molecule has 21 heavy (non-hydrogen) atoms. The normalized spacial score (nSPS) is 11.0. The Kier molecular flexibility index (Phi) is 4.48. The van der Waals surface area contributed by atoms with Crippen LogP contribution < -0.4 is 9.47 Å². The number of alkyl halides is 2. The fourth-order valence-electron chi connectivity index (χ4n) is 1.61. The van der Waals surface area contributed by atoms with E-state index < -0.39 is 18.3 Å². The lowest BCUT2D eigenvalue weighted by Gasteiger charge is -2.05. The zero-order valence-electron chi connectivity index (χ0n) is 10.7. The van der Waals surface area contributed by atoms with Gasteiger partial charge in [-0.3, -0.25) is 0 Å². The molecule has 2 aromatic heterocycles. The van der Waals surface area contributed by atoms with Crippen molar-refractivity contribution >= 4 is 23.2 Å². The molecule has 2 aromatic rings. The molecule has 2 rings (SSSR count). The fraction of sp³-hybridized carbons (Fsp3) is 0.273. The molecule has 0 saturated carbocycles. The first-order valence-electron chi connectivity index (χ1n) is 5.42. The summed E-state index contributed by atoms with van der Waals surface area (Å²) in [5, 5.41) is 3.48. The highest BCUT2D eigenvalue weighted by Gasteiger charge is 2.24. The first-order chi connectivity index (χ1) is 9.85. The molecule has 114 valence electrons. The SMILES string of the molecule is COc1nc(-c2nn(C)c(OC(F)F)c2Cl)c(F)cc1Cl. The third-order valence-corrected chi connectivity index (χ3v) is 3.07. The highest BCUT2D eigenvalue weighted by atomic mass is 35.5. The van der Waals surface area contributed by atoms with Crippen LogP contribution in [0, 0.1) is 5.82 Å². The lowest BCUT2D eigenvalue weighted by molar-refractivity contribution is -0.0552. The van der Waals surface area contributed by atoms with Gasteiger partial charge in [-0.25, -0.2) is 14.1 Å². The van der Waals surface area contributed by atoms with Gasteiger partial charge in [0, 0.05) is 13.1 Å². The van der Waals surface area contributed by atoms with Crippen LogP contribution in [0.25, 0.3) is 11.4 Å². The predicted molar refractivity (Wildman–Crippen MR) is 69.6 cm³/mol. The molecular formula is C11H8Cl2F3N3O2. The second kappa shape index (κ2) is 5.98. The van der Waals surface area contributed by atoms with Crippen molar-refractivity contribution in [3.8, 4) is 23.1 Å². The molecule has 5 nitrogen and oxygen atoms in total. The van der Waals surface area contributed by atoms with E-state index in [1.807, 2.05) is 0 Å². The standard InChI is InChI=1S/C11H8Cl2F3N3O2/c1-19-10(21-11(15)16)6(13)8(18-19)7-5(14)3-4(12)9(17-7)20-2/h3,11H,1-2H3. The molecule has 0 aliphatic heterocycles. The van der Waals surface area contributed by atoms with Gasteiger partial charge in [0.25, 0.3) is 0 Å². The molecule has 10 heteroatoms. The molecule has 0 amide bonds. The third-order valence-electron chi connectivity index (χ3n) is 2.46. The second-order valence-corrected chi connectivity index (χ2v) is 4.56. The minimum atomic E-state index is -3.09. The Morgan fingerprint density at radius 3 is 2.52 bits per heavy atom. The Balaban J connectivity index is 2.57. The van der Waals surface area contributed by atoms with E-state index in [1.165, 1.54) is 14.2 Å². The van der Waals surface area contributed by atoms with E-state index in [4.69, 9.17) is 27.9 Å². The zero-order chi connectivity index (χ0) is 15.7. The second-order valence-electron chi connectivity index (χ2n) is 3.78. The van der Waals surface area contributed by atoms with Crippen LogP contribution in [0.2, 0.25) is 10.0 Å². The molecule has 0 aliphatic rings. The Morgan fingerprint density at radius 1 is 1.29 bits per heavy atom. The van der Waals surface area contributed by atoms with Crippen LogP contribution in [0.3, 0.4) is 0 Å². The van der Waals surface area contributed by atoms with Crippen molar-refractivity contribution in [2.45, 2.75) is 6.61 Å². The summed E-state index contributed by atoms with van der Waals surface area (Å²) < 4.78 is 48.6.